The second-order valence-electron chi connectivity index (χ2n) is 7.39. The van der Waals surface area contributed by atoms with Gasteiger partial charge in [0.1, 0.15) is 25.6 Å². The summed E-state index contributed by atoms with van der Waals surface area (Å²) in [5.41, 5.74) is 0.858. The molecule has 0 radical (unpaired) electrons. The molecule has 0 saturated carbocycles. The lowest BCUT2D eigenvalue weighted by Crippen LogP contribution is -2.14. The van der Waals surface area contributed by atoms with Crippen molar-refractivity contribution in [1.82, 2.24) is 0 Å². The van der Waals surface area contributed by atoms with Crippen LogP contribution >= 0.6 is 0 Å². The lowest BCUT2D eigenvalue weighted by atomic mass is 10.2. The van der Waals surface area contributed by atoms with Crippen LogP contribution in [0.1, 0.15) is 29.3 Å². The monoisotopic (exact) mass is 511 g/mol. The van der Waals surface area contributed by atoms with Crippen molar-refractivity contribution in [3.63, 3.8) is 0 Å². The van der Waals surface area contributed by atoms with Gasteiger partial charge >= 0.3 is 17.9 Å². The standard InChI is InChI=1S/C27H26FNO8/c1-19(2)26(31)36-17-15-33-14-16-34-22-8-6-21(7-9-22)27(32)37-24-10-4-20(18-23(24)28)5-11-25(30)35-13-3-12-29/h4-11,18H,1,3,13-17H2,2H3/b11-5+. The van der Waals surface area contributed by atoms with E-state index in [2.05, 4.69) is 6.58 Å². The molecule has 37 heavy (non-hydrogen) atoms. The van der Waals surface area contributed by atoms with Crippen molar-refractivity contribution < 1.29 is 42.5 Å². The number of esters is 3. The fraction of sp³-hybridized carbons (Fsp3) is 0.259. The fourth-order valence-electron chi connectivity index (χ4n) is 2.60. The van der Waals surface area contributed by atoms with E-state index in [0.29, 0.717) is 16.9 Å². The molecule has 9 nitrogen and oxygen atoms in total. The maximum absolute atomic E-state index is 14.4. The van der Waals surface area contributed by atoms with E-state index in [0.717, 1.165) is 12.1 Å². The number of benzene rings is 2. The molecule has 0 fully saturated rings. The Morgan fingerprint density at radius 2 is 1.73 bits per heavy atom. The molecule has 0 atom stereocenters. The zero-order valence-electron chi connectivity index (χ0n) is 20.2. The van der Waals surface area contributed by atoms with Gasteiger partial charge in [-0.15, -0.1) is 0 Å². The first kappa shape index (κ1) is 28.7. The number of halogens is 1. The van der Waals surface area contributed by atoms with Crippen LogP contribution < -0.4 is 9.47 Å². The van der Waals surface area contributed by atoms with Crippen LogP contribution in [0.2, 0.25) is 0 Å². The van der Waals surface area contributed by atoms with Gasteiger partial charge in [-0.05, 0) is 55.0 Å². The summed E-state index contributed by atoms with van der Waals surface area (Å²) in [5, 5.41) is 8.42. The van der Waals surface area contributed by atoms with Gasteiger partial charge in [-0.25, -0.2) is 18.8 Å². The van der Waals surface area contributed by atoms with E-state index >= 15 is 0 Å². The highest BCUT2D eigenvalue weighted by atomic mass is 19.1. The number of rotatable bonds is 14. The third-order valence-electron chi connectivity index (χ3n) is 4.42. The summed E-state index contributed by atoms with van der Waals surface area (Å²) in [6.45, 7) is 5.84. The molecule has 0 aliphatic rings. The Labute approximate surface area is 213 Å². The van der Waals surface area contributed by atoms with Crippen LogP contribution in [-0.2, 0) is 23.8 Å². The lowest BCUT2D eigenvalue weighted by Gasteiger charge is -2.09. The summed E-state index contributed by atoms with van der Waals surface area (Å²) in [7, 11) is 0. The van der Waals surface area contributed by atoms with Gasteiger partial charge < -0.3 is 23.7 Å². The number of ether oxygens (including phenoxy) is 5. The molecule has 0 amide bonds. The molecule has 0 aliphatic heterocycles. The Balaban J connectivity index is 1.77. The van der Waals surface area contributed by atoms with Crippen LogP contribution in [0, 0.1) is 17.1 Å². The van der Waals surface area contributed by atoms with Crippen LogP contribution in [0.3, 0.4) is 0 Å². The number of nitriles is 1. The van der Waals surface area contributed by atoms with Gasteiger partial charge in [-0.3, -0.25) is 0 Å². The fourth-order valence-corrected chi connectivity index (χ4v) is 2.60. The summed E-state index contributed by atoms with van der Waals surface area (Å²) < 4.78 is 40.0. The molecular formula is C27H26FNO8. The normalized spacial score (nSPS) is 10.4. The summed E-state index contributed by atoms with van der Waals surface area (Å²) in [6, 6.07) is 11.8. The highest BCUT2D eigenvalue weighted by Gasteiger charge is 2.13. The molecule has 194 valence electrons. The molecule has 0 N–H and O–H groups in total. The molecule has 0 bridgehead atoms. The molecule has 0 aliphatic carbocycles. The van der Waals surface area contributed by atoms with Crippen molar-refractivity contribution in [2.75, 3.05) is 33.0 Å². The first-order chi connectivity index (χ1) is 17.8. The quantitative estimate of drug-likeness (QED) is 0.160. The molecule has 0 saturated heterocycles. The topological polar surface area (TPSA) is 121 Å². The van der Waals surface area contributed by atoms with E-state index in [4.69, 9.17) is 28.9 Å². The predicted octanol–water partition coefficient (Wildman–Crippen LogP) is 4.03. The van der Waals surface area contributed by atoms with Crippen molar-refractivity contribution in [3.8, 4) is 17.6 Å². The largest absolute Gasteiger partial charge is 0.491 e. The van der Waals surface area contributed by atoms with Gasteiger partial charge in [0.15, 0.2) is 11.6 Å². The second kappa shape index (κ2) is 15.5. The second-order valence-corrected chi connectivity index (χ2v) is 7.39. The predicted molar refractivity (Wildman–Crippen MR) is 130 cm³/mol. The first-order valence-electron chi connectivity index (χ1n) is 11.2. The van der Waals surface area contributed by atoms with Crippen LogP contribution in [0.5, 0.6) is 11.5 Å². The zero-order chi connectivity index (χ0) is 27.0. The molecule has 0 heterocycles. The van der Waals surface area contributed by atoms with Crippen LogP contribution in [0.25, 0.3) is 6.08 Å². The smallest absolute Gasteiger partial charge is 0.343 e. The van der Waals surface area contributed by atoms with Crippen LogP contribution in [-0.4, -0.2) is 50.9 Å². The minimum Gasteiger partial charge on any atom is -0.491 e. The Morgan fingerprint density at radius 3 is 2.41 bits per heavy atom. The Bertz CT molecular complexity index is 1170. The third kappa shape index (κ3) is 10.8. The minimum absolute atomic E-state index is 0.0270. The van der Waals surface area contributed by atoms with E-state index in [9.17, 15) is 18.8 Å². The zero-order valence-corrected chi connectivity index (χ0v) is 20.2. The van der Waals surface area contributed by atoms with Gasteiger partial charge in [0.25, 0.3) is 0 Å². The summed E-state index contributed by atoms with van der Waals surface area (Å²) in [4.78, 5) is 35.1. The molecule has 2 aromatic carbocycles. The molecule has 0 unspecified atom stereocenters. The van der Waals surface area contributed by atoms with Crippen molar-refractivity contribution in [1.29, 1.82) is 5.26 Å². The van der Waals surface area contributed by atoms with E-state index in [1.54, 1.807) is 19.1 Å². The average Bonchev–Trinajstić information content (AvgIpc) is 2.88. The SMILES string of the molecule is C=C(C)C(=O)OCCOCCOc1ccc(C(=O)Oc2ccc(/C=C/C(=O)OCCC#N)cc2F)cc1. The maximum atomic E-state index is 14.4. The minimum atomic E-state index is -0.789. The van der Waals surface area contributed by atoms with Crippen molar-refractivity contribution >= 4 is 24.0 Å². The summed E-state index contributed by atoms with van der Waals surface area (Å²) in [6.07, 6.45) is 2.53. The number of carbonyl (C=O) groups excluding carboxylic acids is 3. The summed E-state index contributed by atoms with van der Waals surface area (Å²) in [5.74, 6) is -2.47. The van der Waals surface area contributed by atoms with E-state index in [1.807, 2.05) is 6.07 Å². The van der Waals surface area contributed by atoms with E-state index in [1.165, 1.54) is 30.3 Å². The van der Waals surface area contributed by atoms with Gasteiger partial charge in [0.05, 0.1) is 31.3 Å². The molecular weight excluding hydrogens is 485 g/mol. The molecule has 2 aromatic rings. The van der Waals surface area contributed by atoms with Gasteiger partial charge in [-0.2, -0.15) is 5.26 Å². The van der Waals surface area contributed by atoms with E-state index in [-0.39, 0.29) is 50.8 Å². The van der Waals surface area contributed by atoms with Gasteiger partial charge in [0, 0.05) is 11.6 Å². The Kier molecular flexibility index (Phi) is 12.0. The number of nitrogens with zero attached hydrogens (tertiary/aromatic N) is 1. The molecule has 0 spiro atoms. The van der Waals surface area contributed by atoms with Crippen molar-refractivity contribution in [3.05, 3.63) is 77.6 Å². The van der Waals surface area contributed by atoms with Crippen LogP contribution in [0.4, 0.5) is 4.39 Å². The summed E-state index contributed by atoms with van der Waals surface area (Å²) >= 11 is 0. The lowest BCUT2D eigenvalue weighted by molar-refractivity contribution is -0.140. The third-order valence-corrected chi connectivity index (χ3v) is 4.42. The number of carbonyl (C=O) groups is 3. The van der Waals surface area contributed by atoms with Gasteiger partial charge in [0.2, 0.25) is 0 Å². The van der Waals surface area contributed by atoms with Crippen molar-refractivity contribution in [2.24, 2.45) is 0 Å². The van der Waals surface area contributed by atoms with Crippen molar-refractivity contribution in [2.45, 2.75) is 13.3 Å². The highest BCUT2D eigenvalue weighted by molar-refractivity contribution is 5.91. The molecule has 10 heteroatoms. The Morgan fingerprint density at radius 1 is 1.00 bits per heavy atom. The maximum Gasteiger partial charge on any atom is 0.343 e. The number of hydrogen-bond acceptors (Lipinski definition) is 9. The molecule has 2 rings (SSSR count). The van der Waals surface area contributed by atoms with E-state index < -0.39 is 23.7 Å². The average molecular weight is 512 g/mol. The molecule has 0 aromatic heterocycles. The van der Waals surface area contributed by atoms with Crippen LogP contribution in [0.15, 0.2) is 60.7 Å². The Hall–Kier alpha value is -4.49. The number of hydrogen-bond donors (Lipinski definition) is 0. The highest BCUT2D eigenvalue weighted by Crippen LogP contribution is 2.21. The first-order valence-corrected chi connectivity index (χ1v) is 11.2. The van der Waals surface area contributed by atoms with Gasteiger partial charge in [-0.1, -0.05) is 12.6 Å².